The van der Waals surface area contributed by atoms with Crippen molar-refractivity contribution in [3.63, 3.8) is 0 Å². The van der Waals surface area contributed by atoms with Gasteiger partial charge in [-0.05, 0) is 19.3 Å². The van der Waals surface area contributed by atoms with E-state index in [2.05, 4.69) is 19.1 Å². The second-order valence-electron chi connectivity index (χ2n) is 3.47. The highest BCUT2D eigenvalue weighted by atomic mass is 16.5. The SMILES string of the molecule is CC/C=C/COC1CCCCC1. The third kappa shape index (κ3) is 3.91. The lowest BCUT2D eigenvalue weighted by molar-refractivity contribution is 0.0465. The first-order chi connectivity index (χ1) is 5.93. The van der Waals surface area contributed by atoms with E-state index in [-0.39, 0.29) is 0 Å². The van der Waals surface area contributed by atoms with E-state index in [4.69, 9.17) is 4.74 Å². The van der Waals surface area contributed by atoms with Gasteiger partial charge in [0.2, 0.25) is 0 Å². The van der Waals surface area contributed by atoms with Crippen LogP contribution in [0.1, 0.15) is 45.4 Å². The van der Waals surface area contributed by atoms with Gasteiger partial charge in [-0.3, -0.25) is 0 Å². The molecule has 0 unspecified atom stereocenters. The topological polar surface area (TPSA) is 9.23 Å². The molecule has 0 bridgehead atoms. The van der Waals surface area contributed by atoms with E-state index in [1.54, 1.807) is 0 Å². The van der Waals surface area contributed by atoms with Crippen molar-refractivity contribution < 1.29 is 4.74 Å². The maximum Gasteiger partial charge on any atom is 0.0651 e. The summed E-state index contributed by atoms with van der Waals surface area (Å²) in [6.45, 7) is 2.97. The van der Waals surface area contributed by atoms with Crippen LogP contribution in [0.15, 0.2) is 12.2 Å². The molecule has 1 fully saturated rings. The smallest absolute Gasteiger partial charge is 0.0651 e. The Balaban J connectivity index is 2.01. The summed E-state index contributed by atoms with van der Waals surface area (Å²) >= 11 is 0. The summed E-state index contributed by atoms with van der Waals surface area (Å²) < 4.78 is 5.70. The zero-order chi connectivity index (χ0) is 8.65. The zero-order valence-electron chi connectivity index (χ0n) is 8.09. The molecule has 1 aliphatic rings. The molecule has 0 saturated heterocycles. The van der Waals surface area contributed by atoms with Gasteiger partial charge in [-0.1, -0.05) is 38.3 Å². The van der Waals surface area contributed by atoms with Crippen LogP contribution in [0, 0.1) is 0 Å². The van der Waals surface area contributed by atoms with Gasteiger partial charge in [0.05, 0.1) is 12.7 Å². The van der Waals surface area contributed by atoms with Crippen LogP contribution < -0.4 is 0 Å². The molecule has 1 aliphatic carbocycles. The summed E-state index contributed by atoms with van der Waals surface area (Å²) in [5.41, 5.74) is 0. The lowest BCUT2D eigenvalue weighted by atomic mass is 9.98. The lowest BCUT2D eigenvalue weighted by Crippen LogP contribution is -2.16. The van der Waals surface area contributed by atoms with Crippen molar-refractivity contribution in [1.82, 2.24) is 0 Å². The Hall–Kier alpha value is -0.300. The number of hydrogen-bond acceptors (Lipinski definition) is 1. The lowest BCUT2D eigenvalue weighted by Gasteiger charge is -2.21. The Labute approximate surface area is 75.8 Å². The molecule has 0 atom stereocenters. The van der Waals surface area contributed by atoms with Crippen molar-refractivity contribution in [2.75, 3.05) is 6.61 Å². The second-order valence-corrected chi connectivity index (χ2v) is 3.47. The number of rotatable bonds is 4. The molecule has 1 saturated carbocycles. The minimum Gasteiger partial charge on any atom is -0.374 e. The minimum absolute atomic E-state index is 0.556. The summed E-state index contributed by atoms with van der Waals surface area (Å²) in [6.07, 6.45) is 12.7. The Morgan fingerprint density at radius 2 is 1.92 bits per heavy atom. The predicted molar refractivity (Wildman–Crippen MR) is 52.3 cm³/mol. The maximum absolute atomic E-state index is 5.70. The fourth-order valence-electron chi connectivity index (χ4n) is 1.66. The second kappa shape index (κ2) is 6.24. The average Bonchev–Trinajstić information content (AvgIpc) is 2.14. The molecule has 0 radical (unpaired) electrons. The molecular formula is C11H20O. The van der Waals surface area contributed by atoms with E-state index < -0.39 is 0 Å². The van der Waals surface area contributed by atoms with Gasteiger partial charge < -0.3 is 4.74 Å². The molecule has 1 nitrogen and oxygen atoms in total. The summed E-state index contributed by atoms with van der Waals surface area (Å²) in [5, 5.41) is 0. The monoisotopic (exact) mass is 168 g/mol. The van der Waals surface area contributed by atoms with Crippen LogP contribution in [0.5, 0.6) is 0 Å². The van der Waals surface area contributed by atoms with Crippen molar-refractivity contribution in [2.24, 2.45) is 0 Å². The van der Waals surface area contributed by atoms with E-state index in [1.807, 2.05) is 0 Å². The average molecular weight is 168 g/mol. The standard InChI is InChI=1S/C11H20O/c1-2-3-7-10-12-11-8-5-4-6-9-11/h3,7,11H,2,4-6,8-10H2,1H3/b7-3+. The maximum atomic E-state index is 5.70. The largest absolute Gasteiger partial charge is 0.374 e. The van der Waals surface area contributed by atoms with Crippen molar-refractivity contribution in [3.8, 4) is 0 Å². The molecule has 0 N–H and O–H groups in total. The Kier molecular flexibility index (Phi) is 5.09. The Morgan fingerprint density at radius 3 is 2.58 bits per heavy atom. The Morgan fingerprint density at radius 1 is 1.17 bits per heavy atom. The number of hydrogen-bond donors (Lipinski definition) is 0. The first-order valence-corrected chi connectivity index (χ1v) is 5.20. The minimum atomic E-state index is 0.556. The van der Waals surface area contributed by atoms with E-state index in [9.17, 15) is 0 Å². The molecule has 0 spiro atoms. The first kappa shape index (κ1) is 9.79. The van der Waals surface area contributed by atoms with Crippen molar-refractivity contribution >= 4 is 0 Å². The predicted octanol–water partition coefficient (Wildman–Crippen LogP) is 3.30. The van der Waals surface area contributed by atoms with E-state index in [0.717, 1.165) is 13.0 Å². The third-order valence-electron chi connectivity index (χ3n) is 2.38. The van der Waals surface area contributed by atoms with Gasteiger partial charge in [0.25, 0.3) is 0 Å². The quantitative estimate of drug-likeness (QED) is 0.585. The molecule has 1 heteroatoms. The van der Waals surface area contributed by atoms with Gasteiger partial charge in [0, 0.05) is 0 Å². The molecule has 70 valence electrons. The highest BCUT2D eigenvalue weighted by Gasteiger charge is 2.12. The van der Waals surface area contributed by atoms with Gasteiger partial charge in [-0.25, -0.2) is 0 Å². The van der Waals surface area contributed by atoms with Gasteiger partial charge in [0.1, 0.15) is 0 Å². The summed E-state index contributed by atoms with van der Waals surface area (Å²) in [7, 11) is 0. The molecule has 0 aromatic heterocycles. The van der Waals surface area contributed by atoms with Crippen LogP contribution in [-0.2, 0) is 4.74 Å². The molecule has 1 rings (SSSR count). The molecule has 0 heterocycles. The Bertz CT molecular complexity index is 123. The van der Waals surface area contributed by atoms with Crippen molar-refractivity contribution in [2.45, 2.75) is 51.6 Å². The van der Waals surface area contributed by atoms with Crippen LogP contribution in [0.2, 0.25) is 0 Å². The third-order valence-corrected chi connectivity index (χ3v) is 2.38. The first-order valence-electron chi connectivity index (χ1n) is 5.20. The highest BCUT2D eigenvalue weighted by Crippen LogP contribution is 2.19. The van der Waals surface area contributed by atoms with Crippen LogP contribution >= 0.6 is 0 Å². The summed E-state index contributed by atoms with van der Waals surface area (Å²) in [4.78, 5) is 0. The molecular weight excluding hydrogens is 148 g/mol. The molecule has 0 aromatic carbocycles. The number of allylic oxidation sites excluding steroid dienone is 1. The van der Waals surface area contributed by atoms with Gasteiger partial charge in [-0.15, -0.1) is 0 Å². The van der Waals surface area contributed by atoms with E-state index >= 15 is 0 Å². The summed E-state index contributed by atoms with van der Waals surface area (Å²) in [5.74, 6) is 0. The fraction of sp³-hybridized carbons (Fsp3) is 0.818. The van der Waals surface area contributed by atoms with Crippen molar-refractivity contribution in [1.29, 1.82) is 0 Å². The fourth-order valence-corrected chi connectivity index (χ4v) is 1.66. The van der Waals surface area contributed by atoms with E-state index in [1.165, 1.54) is 32.1 Å². The highest BCUT2D eigenvalue weighted by molar-refractivity contribution is 4.80. The van der Waals surface area contributed by atoms with Crippen LogP contribution in [0.3, 0.4) is 0 Å². The van der Waals surface area contributed by atoms with Gasteiger partial charge >= 0.3 is 0 Å². The molecule has 0 aliphatic heterocycles. The van der Waals surface area contributed by atoms with E-state index in [0.29, 0.717) is 6.10 Å². The van der Waals surface area contributed by atoms with Crippen LogP contribution in [0.4, 0.5) is 0 Å². The molecule has 12 heavy (non-hydrogen) atoms. The molecule has 0 amide bonds. The van der Waals surface area contributed by atoms with Crippen LogP contribution in [-0.4, -0.2) is 12.7 Å². The van der Waals surface area contributed by atoms with Crippen LogP contribution in [0.25, 0.3) is 0 Å². The normalized spacial score (nSPS) is 20.4. The molecule has 0 aromatic rings. The number of ether oxygens (including phenoxy) is 1. The van der Waals surface area contributed by atoms with Gasteiger partial charge in [0.15, 0.2) is 0 Å². The van der Waals surface area contributed by atoms with Gasteiger partial charge in [-0.2, -0.15) is 0 Å². The summed E-state index contributed by atoms with van der Waals surface area (Å²) in [6, 6.07) is 0. The zero-order valence-corrected chi connectivity index (χ0v) is 8.09. The van der Waals surface area contributed by atoms with Crippen molar-refractivity contribution in [3.05, 3.63) is 12.2 Å².